The van der Waals surface area contributed by atoms with Crippen molar-refractivity contribution in [1.29, 1.82) is 0 Å². The van der Waals surface area contributed by atoms with E-state index in [2.05, 4.69) is 26.8 Å². The number of fused-ring (bicyclic) bond motifs is 2. The van der Waals surface area contributed by atoms with E-state index in [1.807, 2.05) is 12.1 Å². The molecule has 4 aliphatic rings. The van der Waals surface area contributed by atoms with Gasteiger partial charge in [-0.1, -0.05) is 31.4 Å². The molecule has 3 aromatic heterocycles. The van der Waals surface area contributed by atoms with E-state index < -0.39 is 6.09 Å². The number of nitrogens with one attached hydrogen (secondary N) is 1. The minimum atomic E-state index is -0.499. The van der Waals surface area contributed by atoms with Gasteiger partial charge in [0.1, 0.15) is 5.69 Å². The third-order valence-corrected chi connectivity index (χ3v) is 9.02. The Morgan fingerprint density at radius 1 is 1.10 bits per heavy atom. The average Bonchev–Trinajstić information content (AvgIpc) is 3.68. The normalized spacial score (nSPS) is 27.1. The second-order valence-corrected chi connectivity index (χ2v) is 11.9. The number of cyclic esters (lactones) is 1. The maximum atomic E-state index is 11.8. The van der Waals surface area contributed by atoms with Crippen LogP contribution in [0.3, 0.4) is 0 Å². The summed E-state index contributed by atoms with van der Waals surface area (Å²) in [5.74, 6) is 2.91. The van der Waals surface area contributed by atoms with E-state index in [-0.39, 0.29) is 12.8 Å². The monoisotopic (exact) mass is 551 g/mol. The summed E-state index contributed by atoms with van der Waals surface area (Å²) in [5.41, 5.74) is 6.08. The maximum absolute atomic E-state index is 11.8. The van der Waals surface area contributed by atoms with Gasteiger partial charge in [0.15, 0.2) is 12.5 Å². The quantitative estimate of drug-likeness (QED) is 0.465. The van der Waals surface area contributed by atoms with Crippen molar-refractivity contribution in [2.45, 2.75) is 70.6 Å². The lowest BCUT2D eigenvalue weighted by molar-refractivity contribution is 0.0247. The Morgan fingerprint density at radius 3 is 2.77 bits per heavy atom. The van der Waals surface area contributed by atoms with Crippen molar-refractivity contribution < 1.29 is 14.3 Å². The molecule has 0 radical (unpaired) electrons. The SMILES string of the molecule is C[C@H]1CC[C@H](Cn2c(N3CCO[C@H]4CCC[C@@H]43)nc3cc(N4COC(=O)N4)nc(-c4cncc(Cl)c4)c32)CC1. The van der Waals surface area contributed by atoms with Gasteiger partial charge in [-0.3, -0.25) is 4.98 Å². The van der Waals surface area contributed by atoms with E-state index in [1.54, 1.807) is 17.4 Å². The number of hydrazine groups is 1. The largest absolute Gasteiger partial charge is 0.428 e. The summed E-state index contributed by atoms with van der Waals surface area (Å²) in [4.78, 5) is 29.0. The summed E-state index contributed by atoms with van der Waals surface area (Å²) in [7, 11) is 0. The zero-order chi connectivity index (χ0) is 26.5. The average molecular weight is 552 g/mol. The number of carbonyl (C=O) groups is 1. The van der Waals surface area contributed by atoms with Gasteiger partial charge in [-0.2, -0.15) is 0 Å². The lowest BCUT2D eigenvalue weighted by Gasteiger charge is -2.39. The van der Waals surface area contributed by atoms with Gasteiger partial charge in [0.05, 0.1) is 34.8 Å². The minimum absolute atomic E-state index is 0.0750. The predicted molar refractivity (Wildman–Crippen MR) is 149 cm³/mol. The second-order valence-electron chi connectivity index (χ2n) is 11.4. The number of rotatable bonds is 5. The summed E-state index contributed by atoms with van der Waals surface area (Å²) in [6.45, 7) is 4.84. The van der Waals surface area contributed by atoms with Crippen molar-refractivity contribution in [2.24, 2.45) is 11.8 Å². The third kappa shape index (κ3) is 4.67. The van der Waals surface area contributed by atoms with Gasteiger partial charge in [0.2, 0.25) is 5.95 Å². The molecule has 1 N–H and O–H groups in total. The second kappa shape index (κ2) is 10.1. The van der Waals surface area contributed by atoms with Crippen molar-refractivity contribution in [3.8, 4) is 11.3 Å². The van der Waals surface area contributed by atoms with Crippen molar-refractivity contribution in [3.63, 3.8) is 0 Å². The van der Waals surface area contributed by atoms with Crippen LogP contribution in [-0.4, -0.2) is 57.6 Å². The fourth-order valence-electron chi connectivity index (χ4n) is 6.77. The number of aromatic nitrogens is 4. The number of imidazole rings is 1. The molecule has 3 aromatic rings. The van der Waals surface area contributed by atoms with E-state index in [4.69, 9.17) is 31.0 Å². The number of halogens is 1. The number of morpholine rings is 1. The number of amides is 1. The van der Waals surface area contributed by atoms with Crippen LogP contribution in [-0.2, 0) is 16.0 Å². The highest BCUT2D eigenvalue weighted by atomic mass is 35.5. The Labute approximate surface area is 232 Å². The number of hydrogen-bond donors (Lipinski definition) is 1. The van der Waals surface area contributed by atoms with Crippen LogP contribution in [0.15, 0.2) is 24.5 Å². The van der Waals surface area contributed by atoms with Gasteiger partial charge < -0.3 is 18.9 Å². The summed E-state index contributed by atoms with van der Waals surface area (Å²) < 4.78 is 13.7. The first-order chi connectivity index (χ1) is 19.0. The Hall–Kier alpha value is -3.11. The summed E-state index contributed by atoms with van der Waals surface area (Å²) in [6, 6.07) is 4.16. The van der Waals surface area contributed by atoms with Gasteiger partial charge >= 0.3 is 6.09 Å². The van der Waals surface area contributed by atoms with Crippen LogP contribution in [0, 0.1) is 11.8 Å². The Balaban J connectivity index is 1.41. The van der Waals surface area contributed by atoms with E-state index in [1.165, 1.54) is 32.1 Å². The van der Waals surface area contributed by atoms with Crippen LogP contribution in [0.1, 0.15) is 51.9 Å². The van der Waals surface area contributed by atoms with Crippen molar-refractivity contribution in [2.75, 3.05) is 29.8 Å². The standard InChI is InChI=1S/C28H34ClN7O3/c1-17-5-7-18(8-6-17)15-35-26-21(31-27(35)34-9-10-38-23-4-2-3-22(23)34)12-24(36-16-39-28(37)33-36)32-25(26)19-11-20(29)14-30-13-19/h11-14,17-18,22-23H,2-10,15-16H2,1H3,(H,33,37)/t17-,18-,22-,23-/m0/s1. The fraction of sp³-hybridized carbons (Fsp3) is 0.571. The highest BCUT2D eigenvalue weighted by Crippen LogP contribution is 2.40. The smallest absolute Gasteiger partial charge is 0.425 e. The molecule has 206 valence electrons. The molecule has 2 saturated carbocycles. The lowest BCUT2D eigenvalue weighted by Crippen LogP contribution is -2.49. The van der Waals surface area contributed by atoms with E-state index in [9.17, 15) is 4.79 Å². The van der Waals surface area contributed by atoms with Crippen molar-refractivity contribution in [3.05, 3.63) is 29.5 Å². The Morgan fingerprint density at radius 2 is 1.97 bits per heavy atom. The van der Waals surface area contributed by atoms with Gasteiger partial charge in [-0.25, -0.2) is 25.2 Å². The number of hydrogen-bond acceptors (Lipinski definition) is 8. The van der Waals surface area contributed by atoms with Gasteiger partial charge in [-0.05, 0) is 50.0 Å². The van der Waals surface area contributed by atoms with Crippen LogP contribution in [0.5, 0.6) is 0 Å². The zero-order valence-corrected chi connectivity index (χ0v) is 22.9. The van der Waals surface area contributed by atoms with E-state index in [0.29, 0.717) is 29.4 Å². The Kier molecular flexibility index (Phi) is 6.47. The van der Waals surface area contributed by atoms with Gasteiger partial charge in [0.25, 0.3) is 0 Å². The van der Waals surface area contributed by atoms with Crippen molar-refractivity contribution >= 4 is 40.5 Å². The number of nitrogens with zero attached hydrogens (tertiary/aromatic N) is 6. The third-order valence-electron chi connectivity index (χ3n) is 8.81. The molecule has 2 aliphatic carbocycles. The van der Waals surface area contributed by atoms with Crippen LogP contribution in [0.4, 0.5) is 16.6 Å². The fourth-order valence-corrected chi connectivity index (χ4v) is 6.94. The van der Waals surface area contributed by atoms with Crippen LogP contribution < -0.4 is 15.3 Å². The molecular formula is C28H34ClN7O3. The summed E-state index contributed by atoms with van der Waals surface area (Å²) in [6.07, 6.45) is 11.5. The molecule has 1 amide bonds. The molecule has 0 spiro atoms. The molecule has 11 heteroatoms. The molecule has 10 nitrogen and oxygen atoms in total. The Bertz CT molecular complexity index is 1390. The first kappa shape index (κ1) is 24.9. The number of ether oxygens (including phenoxy) is 2. The molecule has 7 rings (SSSR count). The van der Waals surface area contributed by atoms with Crippen molar-refractivity contribution in [1.82, 2.24) is 24.9 Å². The van der Waals surface area contributed by atoms with Crippen LogP contribution in [0.25, 0.3) is 22.3 Å². The van der Waals surface area contributed by atoms with E-state index >= 15 is 0 Å². The molecule has 39 heavy (non-hydrogen) atoms. The first-order valence-electron chi connectivity index (χ1n) is 14.1. The number of anilines is 2. The van der Waals surface area contributed by atoms with Gasteiger partial charge in [-0.15, -0.1) is 0 Å². The van der Waals surface area contributed by atoms with Crippen LogP contribution >= 0.6 is 11.6 Å². The molecule has 5 heterocycles. The molecule has 0 unspecified atom stereocenters. The van der Waals surface area contributed by atoms with Gasteiger partial charge in [0, 0.05) is 37.1 Å². The predicted octanol–water partition coefficient (Wildman–Crippen LogP) is 5.15. The first-order valence-corrected chi connectivity index (χ1v) is 14.5. The molecule has 0 bridgehead atoms. The highest BCUT2D eigenvalue weighted by Gasteiger charge is 2.39. The topological polar surface area (TPSA) is 97.6 Å². The molecule has 2 aliphatic heterocycles. The maximum Gasteiger partial charge on any atom is 0.428 e. The van der Waals surface area contributed by atoms with E-state index in [0.717, 1.165) is 60.1 Å². The highest BCUT2D eigenvalue weighted by molar-refractivity contribution is 6.30. The number of pyridine rings is 2. The number of carbonyl (C=O) groups excluding carboxylic acids is 1. The minimum Gasteiger partial charge on any atom is -0.425 e. The molecule has 2 atom stereocenters. The molecule has 4 fully saturated rings. The molecular weight excluding hydrogens is 518 g/mol. The summed E-state index contributed by atoms with van der Waals surface area (Å²) in [5, 5.41) is 2.15. The molecule has 2 saturated heterocycles. The zero-order valence-electron chi connectivity index (χ0n) is 22.2. The molecule has 0 aromatic carbocycles. The van der Waals surface area contributed by atoms with Crippen LogP contribution in [0.2, 0.25) is 5.02 Å². The lowest BCUT2D eigenvalue weighted by atomic mass is 9.83. The summed E-state index contributed by atoms with van der Waals surface area (Å²) >= 11 is 6.41.